The minimum atomic E-state index is 0.238. The molecule has 3 aromatic rings. The zero-order valence-electron chi connectivity index (χ0n) is 10.4. The molecule has 3 N–H and O–H groups in total. The molecule has 0 atom stereocenters. The first-order valence-electron chi connectivity index (χ1n) is 5.97. The van der Waals surface area contributed by atoms with E-state index in [1.165, 1.54) is 4.90 Å². The molecule has 19 heavy (non-hydrogen) atoms. The van der Waals surface area contributed by atoms with E-state index in [2.05, 4.69) is 39.0 Å². The fraction of sp³-hybridized carbons (Fsp3) is 0.154. The number of aromatic amines is 1. The van der Waals surface area contributed by atoms with E-state index >= 15 is 0 Å². The number of imidazole rings is 1. The average Bonchev–Trinajstić information content (AvgIpc) is 2.87. The van der Waals surface area contributed by atoms with E-state index in [1.54, 1.807) is 6.33 Å². The summed E-state index contributed by atoms with van der Waals surface area (Å²) >= 11 is 1.81. The van der Waals surface area contributed by atoms with E-state index in [1.807, 2.05) is 23.9 Å². The van der Waals surface area contributed by atoms with Crippen LogP contribution in [-0.4, -0.2) is 25.7 Å². The molecular weight excluding hydrogens is 258 g/mol. The Morgan fingerprint density at radius 3 is 2.74 bits per heavy atom. The van der Waals surface area contributed by atoms with Crippen LogP contribution in [-0.2, 0) is 0 Å². The Morgan fingerprint density at radius 1 is 1.21 bits per heavy atom. The normalized spacial score (nSPS) is 11.0. The highest BCUT2D eigenvalue weighted by Gasteiger charge is 2.10. The van der Waals surface area contributed by atoms with Crippen LogP contribution in [0.4, 0.5) is 5.95 Å². The number of benzene rings is 1. The van der Waals surface area contributed by atoms with Gasteiger partial charge in [0.2, 0.25) is 5.95 Å². The van der Waals surface area contributed by atoms with E-state index in [0.717, 1.165) is 22.5 Å². The molecule has 0 saturated heterocycles. The number of thioether (sulfide) groups is 1. The maximum Gasteiger partial charge on any atom is 0.222 e. The predicted octanol–water partition coefficient (Wildman–Crippen LogP) is 2.71. The number of hydrogen-bond donors (Lipinski definition) is 2. The molecular formula is C13H13N5S. The molecule has 0 aliphatic rings. The van der Waals surface area contributed by atoms with Gasteiger partial charge >= 0.3 is 0 Å². The van der Waals surface area contributed by atoms with E-state index in [-0.39, 0.29) is 5.95 Å². The van der Waals surface area contributed by atoms with Crippen LogP contribution >= 0.6 is 11.8 Å². The van der Waals surface area contributed by atoms with Crippen LogP contribution in [0.25, 0.3) is 22.4 Å². The lowest BCUT2D eigenvalue weighted by Crippen LogP contribution is -1.97. The second-order valence-corrected chi connectivity index (χ2v) is 5.33. The fourth-order valence-electron chi connectivity index (χ4n) is 1.93. The molecule has 0 radical (unpaired) electrons. The number of nitrogens with zero attached hydrogens (tertiary/aromatic N) is 3. The van der Waals surface area contributed by atoms with Crippen molar-refractivity contribution >= 4 is 28.9 Å². The van der Waals surface area contributed by atoms with Gasteiger partial charge in [0.25, 0.3) is 0 Å². The highest BCUT2D eigenvalue weighted by atomic mass is 32.2. The summed E-state index contributed by atoms with van der Waals surface area (Å²) in [5, 5.41) is 0. The number of nitrogens with two attached hydrogens (primary N) is 1. The molecule has 3 rings (SSSR count). The monoisotopic (exact) mass is 271 g/mol. The maximum absolute atomic E-state index is 5.72. The topological polar surface area (TPSA) is 80.5 Å². The highest BCUT2D eigenvalue weighted by molar-refractivity contribution is 7.99. The zero-order chi connectivity index (χ0) is 13.2. The molecule has 0 fully saturated rings. The van der Waals surface area contributed by atoms with Crippen molar-refractivity contribution in [1.82, 2.24) is 19.9 Å². The van der Waals surface area contributed by atoms with Crippen molar-refractivity contribution in [2.45, 2.75) is 11.8 Å². The lowest BCUT2D eigenvalue weighted by atomic mass is 10.1. The van der Waals surface area contributed by atoms with Crippen molar-refractivity contribution in [3.05, 3.63) is 30.6 Å². The molecule has 2 heterocycles. The van der Waals surface area contributed by atoms with Crippen molar-refractivity contribution in [3.8, 4) is 11.3 Å². The van der Waals surface area contributed by atoms with Crippen LogP contribution in [0.1, 0.15) is 6.92 Å². The summed E-state index contributed by atoms with van der Waals surface area (Å²) in [6.07, 6.45) is 1.60. The summed E-state index contributed by atoms with van der Waals surface area (Å²) in [6, 6.07) is 8.26. The van der Waals surface area contributed by atoms with E-state index in [0.29, 0.717) is 5.65 Å². The molecule has 1 aromatic carbocycles. The molecule has 0 aliphatic carbocycles. The number of H-pyrrole nitrogens is 1. The lowest BCUT2D eigenvalue weighted by Gasteiger charge is -2.04. The Hall–Kier alpha value is -2.08. The average molecular weight is 271 g/mol. The highest BCUT2D eigenvalue weighted by Crippen LogP contribution is 2.27. The van der Waals surface area contributed by atoms with Crippen LogP contribution in [0.3, 0.4) is 0 Å². The molecule has 0 unspecified atom stereocenters. The largest absolute Gasteiger partial charge is 0.368 e. The Labute approximate surface area is 114 Å². The molecule has 0 spiro atoms. The third-order valence-corrected chi connectivity index (χ3v) is 3.64. The van der Waals surface area contributed by atoms with Gasteiger partial charge in [-0.2, -0.15) is 4.98 Å². The van der Waals surface area contributed by atoms with Gasteiger partial charge in [0, 0.05) is 10.5 Å². The number of aromatic nitrogens is 4. The minimum absolute atomic E-state index is 0.238. The van der Waals surface area contributed by atoms with Gasteiger partial charge < -0.3 is 10.7 Å². The number of rotatable bonds is 3. The quantitative estimate of drug-likeness (QED) is 0.716. The Morgan fingerprint density at radius 2 is 2.00 bits per heavy atom. The zero-order valence-corrected chi connectivity index (χ0v) is 11.2. The minimum Gasteiger partial charge on any atom is -0.368 e. The SMILES string of the molecule is CCSc1ccc(-c2nc(N)nc3nc[nH]c23)cc1. The Bertz CT molecular complexity index is 705. The predicted molar refractivity (Wildman–Crippen MR) is 77.9 cm³/mol. The molecule has 0 amide bonds. The Balaban J connectivity index is 2.10. The summed E-state index contributed by atoms with van der Waals surface area (Å²) in [5.74, 6) is 1.30. The number of anilines is 1. The molecule has 0 bridgehead atoms. The Kier molecular flexibility index (Phi) is 3.08. The van der Waals surface area contributed by atoms with Crippen molar-refractivity contribution in [1.29, 1.82) is 0 Å². The van der Waals surface area contributed by atoms with Crippen molar-refractivity contribution in [3.63, 3.8) is 0 Å². The number of hydrogen-bond acceptors (Lipinski definition) is 5. The van der Waals surface area contributed by atoms with Gasteiger partial charge in [0.1, 0.15) is 11.2 Å². The summed E-state index contributed by atoms with van der Waals surface area (Å²) in [5.41, 5.74) is 8.91. The summed E-state index contributed by atoms with van der Waals surface area (Å²) in [7, 11) is 0. The maximum atomic E-state index is 5.72. The van der Waals surface area contributed by atoms with Gasteiger partial charge in [-0.05, 0) is 17.9 Å². The lowest BCUT2D eigenvalue weighted by molar-refractivity contribution is 1.22. The van der Waals surface area contributed by atoms with Gasteiger partial charge in [-0.1, -0.05) is 19.1 Å². The van der Waals surface area contributed by atoms with Crippen LogP contribution in [0.15, 0.2) is 35.5 Å². The fourth-order valence-corrected chi connectivity index (χ4v) is 2.60. The van der Waals surface area contributed by atoms with Gasteiger partial charge in [-0.3, -0.25) is 0 Å². The van der Waals surface area contributed by atoms with Crippen molar-refractivity contribution in [2.75, 3.05) is 11.5 Å². The molecule has 0 saturated carbocycles. The molecule has 6 heteroatoms. The summed E-state index contributed by atoms with van der Waals surface area (Å²) in [4.78, 5) is 16.8. The van der Waals surface area contributed by atoms with Crippen molar-refractivity contribution < 1.29 is 0 Å². The molecule has 2 aromatic heterocycles. The van der Waals surface area contributed by atoms with Gasteiger partial charge in [0.15, 0.2) is 5.65 Å². The summed E-state index contributed by atoms with van der Waals surface area (Å²) < 4.78 is 0. The molecule has 96 valence electrons. The van der Waals surface area contributed by atoms with E-state index in [9.17, 15) is 0 Å². The van der Waals surface area contributed by atoms with Crippen LogP contribution < -0.4 is 5.73 Å². The van der Waals surface area contributed by atoms with Gasteiger partial charge in [0.05, 0.1) is 6.33 Å². The molecule has 0 aliphatic heterocycles. The second kappa shape index (κ2) is 4.89. The van der Waals surface area contributed by atoms with E-state index < -0.39 is 0 Å². The first-order valence-corrected chi connectivity index (χ1v) is 6.96. The van der Waals surface area contributed by atoms with Crippen LogP contribution in [0.5, 0.6) is 0 Å². The smallest absolute Gasteiger partial charge is 0.222 e. The first kappa shape index (κ1) is 12.0. The van der Waals surface area contributed by atoms with E-state index in [4.69, 9.17) is 5.73 Å². The van der Waals surface area contributed by atoms with Crippen molar-refractivity contribution in [2.24, 2.45) is 0 Å². The third-order valence-electron chi connectivity index (χ3n) is 2.74. The standard InChI is InChI=1S/C13H13N5S/c1-2-19-9-5-3-8(4-6-9)10-11-12(16-7-15-11)18-13(14)17-10/h3-7H,2H2,1H3,(H3,14,15,16,17,18). The van der Waals surface area contributed by atoms with Crippen LogP contribution in [0, 0.1) is 0 Å². The number of nitrogen functional groups attached to an aromatic ring is 1. The van der Waals surface area contributed by atoms with Crippen LogP contribution in [0.2, 0.25) is 0 Å². The first-order chi connectivity index (χ1) is 9.28. The van der Waals surface area contributed by atoms with Gasteiger partial charge in [-0.25, -0.2) is 9.97 Å². The number of fused-ring (bicyclic) bond motifs is 1. The molecule has 5 nitrogen and oxygen atoms in total. The van der Waals surface area contributed by atoms with Gasteiger partial charge in [-0.15, -0.1) is 11.8 Å². The number of nitrogens with one attached hydrogen (secondary N) is 1. The summed E-state index contributed by atoms with van der Waals surface area (Å²) in [6.45, 7) is 2.14. The third kappa shape index (κ3) is 2.26. The second-order valence-electron chi connectivity index (χ2n) is 3.99.